The number of hydrogen-bond acceptors (Lipinski definition) is 2. The molecule has 0 unspecified atom stereocenters. The monoisotopic (exact) mass is 265 g/mol. The van der Waals surface area contributed by atoms with Crippen molar-refractivity contribution in [3.63, 3.8) is 0 Å². The Hall–Kier alpha value is -1.03. The lowest BCUT2D eigenvalue weighted by molar-refractivity contribution is 0.370. The van der Waals surface area contributed by atoms with Crippen LogP contribution >= 0.6 is 11.3 Å². The van der Waals surface area contributed by atoms with E-state index in [9.17, 15) is 0 Å². The molecule has 2 rings (SSSR count). The Bertz CT molecular complexity index is 395. The second-order valence-corrected chi connectivity index (χ2v) is 6.42. The van der Waals surface area contributed by atoms with Gasteiger partial charge in [-0.3, -0.25) is 0 Å². The second kappa shape index (κ2) is 5.74. The number of hydrogen-bond donors (Lipinski definition) is 1. The molecule has 0 aromatic carbocycles. The molecule has 18 heavy (non-hydrogen) atoms. The number of thiophene rings is 1. The molecule has 1 N–H and O–H groups in total. The summed E-state index contributed by atoms with van der Waals surface area (Å²) in [5, 5.41) is 7.68. The number of rotatable bonds is 3. The molecule has 1 aromatic heterocycles. The summed E-state index contributed by atoms with van der Waals surface area (Å²) in [6.07, 6.45) is 1.25. The molecule has 100 valence electrons. The van der Waals surface area contributed by atoms with Crippen molar-refractivity contribution < 1.29 is 0 Å². The fourth-order valence-electron chi connectivity index (χ4n) is 2.27. The summed E-state index contributed by atoms with van der Waals surface area (Å²) in [5.41, 5.74) is 1.72. The highest BCUT2D eigenvalue weighted by Gasteiger charge is 2.30. The van der Waals surface area contributed by atoms with Gasteiger partial charge in [-0.1, -0.05) is 13.8 Å². The average Bonchev–Trinajstić information content (AvgIpc) is 2.93. The minimum atomic E-state index is 0.415. The highest BCUT2D eigenvalue weighted by atomic mass is 32.1. The van der Waals surface area contributed by atoms with Gasteiger partial charge >= 0.3 is 0 Å². The van der Waals surface area contributed by atoms with Gasteiger partial charge in [-0.2, -0.15) is 11.3 Å². The Morgan fingerprint density at radius 1 is 1.56 bits per heavy atom. The van der Waals surface area contributed by atoms with Crippen molar-refractivity contribution in [3.05, 3.63) is 22.4 Å². The quantitative estimate of drug-likeness (QED) is 0.672. The Morgan fingerprint density at radius 3 is 2.94 bits per heavy atom. The molecule has 0 bridgehead atoms. The van der Waals surface area contributed by atoms with Crippen molar-refractivity contribution in [1.82, 2.24) is 10.2 Å². The smallest absolute Gasteiger partial charge is 0.194 e. The number of likely N-dealkylation sites (tertiary alicyclic amines) is 1. The van der Waals surface area contributed by atoms with Crippen LogP contribution in [-0.2, 0) is 6.54 Å². The van der Waals surface area contributed by atoms with E-state index in [0.717, 1.165) is 32.1 Å². The van der Waals surface area contributed by atoms with Gasteiger partial charge in [0, 0.05) is 19.6 Å². The van der Waals surface area contributed by atoms with E-state index < -0.39 is 0 Å². The predicted molar refractivity (Wildman–Crippen MR) is 79.1 cm³/mol. The Morgan fingerprint density at radius 2 is 2.39 bits per heavy atom. The first-order valence-electron chi connectivity index (χ1n) is 6.65. The molecule has 0 amide bonds. The number of nitrogens with one attached hydrogen (secondary N) is 1. The number of aliphatic imine (C=N–C) groups is 1. The van der Waals surface area contributed by atoms with Crippen molar-refractivity contribution in [1.29, 1.82) is 0 Å². The molecule has 3 nitrogen and oxygen atoms in total. The first kappa shape index (κ1) is 13.4. The summed E-state index contributed by atoms with van der Waals surface area (Å²) in [4.78, 5) is 7.13. The summed E-state index contributed by atoms with van der Waals surface area (Å²) < 4.78 is 0. The van der Waals surface area contributed by atoms with Crippen LogP contribution in [0.3, 0.4) is 0 Å². The van der Waals surface area contributed by atoms with E-state index in [1.54, 1.807) is 11.3 Å². The highest BCUT2D eigenvalue weighted by molar-refractivity contribution is 7.07. The molecule has 0 spiro atoms. The van der Waals surface area contributed by atoms with Gasteiger partial charge in [0.05, 0.1) is 6.54 Å². The molecule has 1 aliphatic heterocycles. The fraction of sp³-hybridized carbons (Fsp3) is 0.643. The van der Waals surface area contributed by atoms with Crippen LogP contribution in [-0.4, -0.2) is 30.5 Å². The number of nitrogens with zero attached hydrogens (tertiary/aromatic N) is 2. The summed E-state index contributed by atoms with van der Waals surface area (Å²) in [7, 11) is 0. The normalized spacial score (nSPS) is 19.3. The SMILES string of the molecule is CCNC(=NCc1ccsc1)N1CCC(C)(C)C1. The summed E-state index contributed by atoms with van der Waals surface area (Å²) in [6.45, 7) is 10.7. The maximum atomic E-state index is 4.74. The third-order valence-electron chi connectivity index (χ3n) is 3.30. The molecule has 1 aliphatic rings. The molecule has 1 aromatic rings. The van der Waals surface area contributed by atoms with Crippen molar-refractivity contribution in [2.75, 3.05) is 19.6 Å². The summed E-state index contributed by atoms with van der Waals surface area (Å²) >= 11 is 1.73. The molecule has 2 heterocycles. The first-order chi connectivity index (χ1) is 8.61. The minimum absolute atomic E-state index is 0.415. The Kier molecular flexibility index (Phi) is 4.27. The van der Waals surface area contributed by atoms with Gasteiger partial charge in [-0.15, -0.1) is 0 Å². The van der Waals surface area contributed by atoms with Crippen LogP contribution in [0.15, 0.2) is 21.8 Å². The molecule has 1 fully saturated rings. The van der Waals surface area contributed by atoms with Crippen LogP contribution in [0, 0.1) is 5.41 Å². The van der Waals surface area contributed by atoms with Crippen LogP contribution < -0.4 is 5.32 Å². The molecule has 0 atom stereocenters. The molecule has 1 saturated heterocycles. The molecule has 0 aliphatic carbocycles. The lowest BCUT2D eigenvalue weighted by Gasteiger charge is -2.23. The van der Waals surface area contributed by atoms with Gasteiger partial charge in [0.1, 0.15) is 0 Å². The average molecular weight is 265 g/mol. The van der Waals surface area contributed by atoms with Crippen LogP contribution in [0.2, 0.25) is 0 Å². The number of guanidine groups is 1. The largest absolute Gasteiger partial charge is 0.357 e. The highest BCUT2D eigenvalue weighted by Crippen LogP contribution is 2.28. The molecular weight excluding hydrogens is 242 g/mol. The van der Waals surface area contributed by atoms with Crippen LogP contribution in [0.5, 0.6) is 0 Å². The fourth-order valence-corrected chi connectivity index (χ4v) is 2.93. The van der Waals surface area contributed by atoms with Gasteiger partial charge in [-0.05, 0) is 41.1 Å². The van der Waals surface area contributed by atoms with E-state index >= 15 is 0 Å². The van der Waals surface area contributed by atoms with E-state index in [0.29, 0.717) is 5.41 Å². The maximum Gasteiger partial charge on any atom is 0.194 e. The van der Waals surface area contributed by atoms with Gasteiger partial charge in [0.2, 0.25) is 0 Å². The zero-order chi connectivity index (χ0) is 13.0. The molecule has 0 radical (unpaired) electrons. The van der Waals surface area contributed by atoms with Crippen LogP contribution in [0.4, 0.5) is 0 Å². The van der Waals surface area contributed by atoms with Crippen molar-refractivity contribution >= 4 is 17.3 Å². The van der Waals surface area contributed by atoms with E-state index in [2.05, 4.69) is 47.8 Å². The second-order valence-electron chi connectivity index (χ2n) is 5.64. The summed E-state index contributed by atoms with van der Waals surface area (Å²) in [6, 6.07) is 2.14. The minimum Gasteiger partial charge on any atom is -0.357 e. The van der Waals surface area contributed by atoms with E-state index in [1.165, 1.54) is 12.0 Å². The van der Waals surface area contributed by atoms with E-state index in [-0.39, 0.29) is 0 Å². The topological polar surface area (TPSA) is 27.6 Å². The van der Waals surface area contributed by atoms with Crippen molar-refractivity contribution in [2.24, 2.45) is 10.4 Å². The third-order valence-corrected chi connectivity index (χ3v) is 4.04. The molecule has 0 saturated carbocycles. The predicted octanol–water partition coefficient (Wildman–Crippen LogP) is 2.95. The Balaban J connectivity index is 2.01. The maximum absolute atomic E-state index is 4.74. The Labute approximate surface area is 114 Å². The standard InChI is InChI=1S/C14H23N3S/c1-4-15-13(16-9-12-5-8-18-10-12)17-7-6-14(2,3)11-17/h5,8,10H,4,6-7,9,11H2,1-3H3,(H,15,16). The lowest BCUT2D eigenvalue weighted by atomic mass is 9.93. The van der Waals surface area contributed by atoms with Crippen molar-refractivity contribution in [2.45, 2.75) is 33.7 Å². The van der Waals surface area contributed by atoms with Crippen LogP contribution in [0.25, 0.3) is 0 Å². The van der Waals surface area contributed by atoms with E-state index in [1.807, 2.05) is 0 Å². The van der Waals surface area contributed by atoms with Gasteiger partial charge < -0.3 is 10.2 Å². The third kappa shape index (κ3) is 3.48. The van der Waals surface area contributed by atoms with E-state index in [4.69, 9.17) is 4.99 Å². The molecular formula is C14H23N3S. The molecule has 4 heteroatoms. The zero-order valence-corrected chi connectivity index (χ0v) is 12.4. The zero-order valence-electron chi connectivity index (χ0n) is 11.6. The van der Waals surface area contributed by atoms with Gasteiger partial charge in [0.15, 0.2) is 5.96 Å². The van der Waals surface area contributed by atoms with Gasteiger partial charge in [0.25, 0.3) is 0 Å². The van der Waals surface area contributed by atoms with Crippen LogP contribution in [0.1, 0.15) is 32.8 Å². The first-order valence-corrected chi connectivity index (χ1v) is 7.59. The summed E-state index contributed by atoms with van der Waals surface area (Å²) in [5.74, 6) is 1.06. The lowest BCUT2D eigenvalue weighted by Crippen LogP contribution is -2.40. The van der Waals surface area contributed by atoms with Crippen molar-refractivity contribution in [3.8, 4) is 0 Å². The van der Waals surface area contributed by atoms with Gasteiger partial charge in [-0.25, -0.2) is 4.99 Å².